The normalized spacial score (nSPS) is 12.2. The van der Waals surface area contributed by atoms with Crippen molar-refractivity contribution in [2.75, 3.05) is 31.1 Å². The standard InChI is InChI=1S/C24H24Cl2N4OS/c1-32(2,3)11-10-31-15-30-22(18-6-8-28-24-19(18)7-9-29-24)12-16(14-27)23(30)20-5-4-17(25)13-21(20)26/h4-9,12-13H,10-11,15H2,1-3H3,(H,28,29). The second kappa shape index (κ2) is 9.21. The maximum atomic E-state index is 9.97. The number of ether oxygens (including phenoxy) is 1. The molecule has 8 heteroatoms. The zero-order valence-corrected chi connectivity index (χ0v) is 20.5. The smallest absolute Gasteiger partial charge is 0.137 e. The third-order valence-corrected chi connectivity index (χ3v) is 7.14. The van der Waals surface area contributed by atoms with Crippen molar-refractivity contribution in [3.05, 3.63) is 64.4 Å². The molecule has 0 fully saturated rings. The van der Waals surface area contributed by atoms with E-state index in [0.717, 1.165) is 33.6 Å². The number of pyridine rings is 1. The number of benzene rings is 1. The molecule has 3 heterocycles. The molecule has 0 amide bonds. The van der Waals surface area contributed by atoms with Gasteiger partial charge in [0.05, 0.1) is 28.6 Å². The van der Waals surface area contributed by atoms with Crippen molar-refractivity contribution in [2.45, 2.75) is 6.73 Å². The summed E-state index contributed by atoms with van der Waals surface area (Å²) in [5, 5.41) is 12.0. The van der Waals surface area contributed by atoms with Gasteiger partial charge in [-0.2, -0.15) is 5.26 Å². The summed E-state index contributed by atoms with van der Waals surface area (Å²) in [5.41, 5.74) is 4.61. The van der Waals surface area contributed by atoms with E-state index < -0.39 is 10.0 Å². The molecule has 0 bridgehead atoms. The third-order valence-electron chi connectivity index (χ3n) is 5.20. The van der Waals surface area contributed by atoms with Gasteiger partial charge in [0.1, 0.15) is 18.4 Å². The molecule has 5 nitrogen and oxygen atoms in total. The Balaban J connectivity index is 1.87. The molecule has 1 aromatic carbocycles. The predicted molar refractivity (Wildman–Crippen MR) is 136 cm³/mol. The van der Waals surface area contributed by atoms with Crippen LogP contribution in [0.25, 0.3) is 33.5 Å². The van der Waals surface area contributed by atoms with Crippen molar-refractivity contribution in [3.8, 4) is 28.6 Å². The van der Waals surface area contributed by atoms with Crippen LogP contribution in [0.3, 0.4) is 0 Å². The van der Waals surface area contributed by atoms with Crippen LogP contribution in [0.2, 0.25) is 10.0 Å². The maximum absolute atomic E-state index is 9.97. The Morgan fingerprint density at radius 2 is 1.94 bits per heavy atom. The number of aromatic nitrogens is 3. The Labute approximate surface area is 199 Å². The number of halogens is 2. The molecule has 166 valence electrons. The highest BCUT2D eigenvalue weighted by Crippen LogP contribution is 2.39. The van der Waals surface area contributed by atoms with Gasteiger partial charge in [-0.05, 0) is 55.2 Å². The van der Waals surface area contributed by atoms with E-state index in [-0.39, 0.29) is 0 Å². The van der Waals surface area contributed by atoms with Crippen LogP contribution in [-0.4, -0.2) is 45.7 Å². The molecule has 32 heavy (non-hydrogen) atoms. The zero-order chi connectivity index (χ0) is 22.9. The highest BCUT2D eigenvalue weighted by atomic mass is 35.5. The Kier molecular flexibility index (Phi) is 6.55. The van der Waals surface area contributed by atoms with Gasteiger partial charge < -0.3 is 14.3 Å². The van der Waals surface area contributed by atoms with Gasteiger partial charge in [-0.15, -0.1) is 0 Å². The number of nitrogens with one attached hydrogen (secondary N) is 1. The minimum atomic E-state index is -0.670. The fourth-order valence-corrected chi connectivity index (χ4v) is 4.73. The lowest BCUT2D eigenvalue weighted by atomic mass is 10.1. The third kappa shape index (κ3) is 4.67. The van der Waals surface area contributed by atoms with E-state index in [1.807, 2.05) is 35.0 Å². The second-order valence-corrected chi connectivity index (χ2v) is 13.8. The van der Waals surface area contributed by atoms with Gasteiger partial charge in [0.25, 0.3) is 0 Å². The van der Waals surface area contributed by atoms with Crippen molar-refractivity contribution < 1.29 is 4.74 Å². The van der Waals surface area contributed by atoms with Crippen LogP contribution >= 0.6 is 33.2 Å². The maximum Gasteiger partial charge on any atom is 0.137 e. The van der Waals surface area contributed by atoms with Gasteiger partial charge in [0.2, 0.25) is 0 Å². The second-order valence-electron chi connectivity index (χ2n) is 8.39. The van der Waals surface area contributed by atoms with Gasteiger partial charge in [-0.3, -0.25) is 0 Å². The molecule has 0 aliphatic carbocycles. The van der Waals surface area contributed by atoms with E-state index in [2.05, 4.69) is 34.8 Å². The monoisotopic (exact) mass is 486 g/mol. The van der Waals surface area contributed by atoms with Crippen molar-refractivity contribution in [3.63, 3.8) is 0 Å². The predicted octanol–water partition coefficient (Wildman–Crippen LogP) is 6.54. The molecule has 1 N–H and O–H groups in total. The fourth-order valence-electron chi connectivity index (χ4n) is 3.61. The van der Waals surface area contributed by atoms with Gasteiger partial charge in [0, 0.05) is 39.7 Å². The van der Waals surface area contributed by atoms with Crippen molar-refractivity contribution in [2.24, 2.45) is 0 Å². The van der Waals surface area contributed by atoms with Crippen LogP contribution < -0.4 is 0 Å². The fraction of sp³-hybridized carbons (Fsp3) is 0.250. The first-order valence-electron chi connectivity index (χ1n) is 10.0. The van der Waals surface area contributed by atoms with E-state index in [1.165, 1.54) is 0 Å². The molecule has 0 atom stereocenters. The molecular formula is C24H24Cl2N4OS. The number of nitrogens with zero attached hydrogens (tertiary/aromatic N) is 3. The highest BCUT2D eigenvalue weighted by Gasteiger charge is 2.21. The lowest BCUT2D eigenvalue weighted by Gasteiger charge is -2.25. The molecule has 3 aromatic heterocycles. The first-order valence-corrected chi connectivity index (χ1v) is 13.8. The van der Waals surface area contributed by atoms with E-state index >= 15 is 0 Å². The van der Waals surface area contributed by atoms with Crippen molar-refractivity contribution in [1.29, 1.82) is 5.26 Å². The molecule has 4 rings (SSSR count). The summed E-state index contributed by atoms with van der Waals surface area (Å²) >= 11 is 12.7. The zero-order valence-electron chi connectivity index (χ0n) is 18.2. The lowest BCUT2D eigenvalue weighted by molar-refractivity contribution is 0.0921. The largest absolute Gasteiger partial charge is 0.360 e. The van der Waals surface area contributed by atoms with Crippen LogP contribution in [0.4, 0.5) is 0 Å². The molecule has 0 unspecified atom stereocenters. The van der Waals surface area contributed by atoms with E-state index in [4.69, 9.17) is 27.9 Å². The Hall–Kier alpha value is -2.43. The first kappa shape index (κ1) is 22.8. The lowest BCUT2D eigenvalue weighted by Crippen LogP contribution is -2.11. The summed E-state index contributed by atoms with van der Waals surface area (Å²) in [4.78, 5) is 7.55. The van der Waals surface area contributed by atoms with Crippen LogP contribution in [0, 0.1) is 11.3 Å². The molecule has 4 aromatic rings. The molecular weight excluding hydrogens is 463 g/mol. The molecule has 0 aliphatic heterocycles. The van der Waals surface area contributed by atoms with Gasteiger partial charge >= 0.3 is 0 Å². The highest BCUT2D eigenvalue weighted by molar-refractivity contribution is 8.32. The molecule has 0 radical (unpaired) electrons. The summed E-state index contributed by atoms with van der Waals surface area (Å²) < 4.78 is 8.14. The van der Waals surface area contributed by atoms with E-state index in [0.29, 0.717) is 34.6 Å². The minimum Gasteiger partial charge on any atom is -0.360 e. The number of H-pyrrole nitrogens is 1. The van der Waals surface area contributed by atoms with E-state index in [1.54, 1.807) is 18.3 Å². The Morgan fingerprint density at radius 3 is 2.66 bits per heavy atom. The number of nitriles is 1. The molecule has 0 saturated heterocycles. The van der Waals surface area contributed by atoms with Gasteiger partial charge in [0.15, 0.2) is 0 Å². The van der Waals surface area contributed by atoms with Crippen molar-refractivity contribution >= 4 is 44.3 Å². The first-order chi connectivity index (χ1) is 15.3. The summed E-state index contributed by atoms with van der Waals surface area (Å²) in [5.74, 6) is 1.00. The van der Waals surface area contributed by atoms with E-state index in [9.17, 15) is 5.26 Å². The summed E-state index contributed by atoms with van der Waals surface area (Å²) in [6.45, 7) is 0.942. The number of aromatic amines is 1. The van der Waals surface area contributed by atoms with Crippen LogP contribution in [0.15, 0.2) is 48.8 Å². The van der Waals surface area contributed by atoms with Crippen LogP contribution in [0.5, 0.6) is 0 Å². The van der Waals surface area contributed by atoms with Gasteiger partial charge in [-0.25, -0.2) is 15.0 Å². The quantitative estimate of drug-likeness (QED) is 0.301. The Morgan fingerprint density at radius 1 is 1.12 bits per heavy atom. The molecule has 0 spiro atoms. The summed E-state index contributed by atoms with van der Waals surface area (Å²) in [6.07, 6.45) is 10.4. The van der Waals surface area contributed by atoms with Crippen LogP contribution in [-0.2, 0) is 11.5 Å². The molecule has 0 saturated carbocycles. The molecule has 0 aliphatic rings. The topological polar surface area (TPSA) is 66.6 Å². The number of hydrogen-bond acceptors (Lipinski definition) is 3. The SMILES string of the molecule is CS(C)(C)CCOCn1c(-c2ccnc3[nH]ccc23)cc(C#N)c1-c1ccc(Cl)cc1Cl. The Bertz CT molecular complexity index is 1310. The summed E-state index contributed by atoms with van der Waals surface area (Å²) in [6, 6.07) is 13.5. The minimum absolute atomic E-state index is 0.301. The average Bonchev–Trinajstić information content (AvgIpc) is 3.35. The number of fused-ring (bicyclic) bond motifs is 1. The van der Waals surface area contributed by atoms with Gasteiger partial charge in [-0.1, -0.05) is 23.2 Å². The number of rotatable bonds is 7. The van der Waals surface area contributed by atoms with Crippen LogP contribution in [0.1, 0.15) is 5.56 Å². The van der Waals surface area contributed by atoms with Crippen molar-refractivity contribution in [1.82, 2.24) is 14.5 Å². The average molecular weight is 487 g/mol. The summed E-state index contributed by atoms with van der Waals surface area (Å²) in [7, 11) is -0.670. The number of hydrogen-bond donors (Lipinski definition) is 1.